The van der Waals surface area contributed by atoms with Crippen molar-refractivity contribution in [1.82, 2.24) is 0 Å². The average Bonchev–Trinajstić information content (AvgIpc) is 1.44. The summed E-state index contributed by atoms with van der Waals surface area (Å²) in [6.07, 6.45) is 0. The number of hydrogen-bond donors (Lipinski definition) is 0. The number of hydrogen-bond acceptors (Lipinski definition) is 0. The molecule has 0 aromatic heterocycles. The Morgan fingerprint density at radius 3 is 0.615 bits per heavy atom. The van der Waals surface area contributed by atoms with Crippen LogP contribution in [-0.4, -0.2) is 15.5 Å². The second-order valence-corrected chi connectivity index (χ2v) is 13.6. The van der Waals surface area contributed by atoms with Gasteiger partial charge in [-0.2, -0.15) is 0 Å². The molecular formula is C12H29P. The summed E-state index contributed by atoms with van der Waals surface area (Å²) in [5.74, 6) is 0. The van der Waals surface area contributed by atoms with Crippen molar-refractivity contribution >= 4 is 7.92 Å². The van der Waals surface area contributed by atoms with Gasteiger partial charge in [0.05, 0.1) is 0 Å². The summed E-state index contributed by atoms with van der Waals surface area (Å²) in [4.78, 5) is 0. The van der Waals surface area contributed by atoms with Crippen molar-refractivity contribution in [3.63, 3.8) is 0 Å². The molecule has 0 heterocycles. The van der Waals surface area contributed by atoms with Crippen LogP contribution >= 0.6 is 7.92 Å². The molecule has 0 saturated carbocycles. The van der Waals surface area contributed by atoms with E-state index in [0.717, 1.165) is 0 Å². The Labute approximate surface area is 86.3 Å². The molecule has 0 spiro atoms. The van der Waals surface area contributed by atoms with Gasteiger partial charge in [-0.25, -0.2) is 0 Å². The first-order valence-electron chi connectivity index (χ1n) is 5.37. The van der Waals surface area contributed by atoms with Crippen molar-refractivity contribution in [2.45, 2.75) is 77.8 Å². The molecule has 0 rings (SSSR count). The molecule has 0 aliphatic rings. The fourth-order valence-corrected chi connectivity index (χ4v) is 11.7. The molecule has 0 unspecified atom stereocenters. The second kappa shape index (κ2) is 3.54. The van der Waals surface area contributed by atoms with E-state index in [4.69, 9.17) is 0 Å². The molecule has 0 amide bonds. The molecule has 0 aliphatic carbocycles. The predicted octanol–water partition coefficient (Wildman–Crippen LogP) is 4.33. The molecule has 1 heteroatoms. The monoisotopic (exact) mass is 204 g/mol. The van der Waals surface area contributed by atoms with Crippen LogP contribution in [0.1, 0.15) is 62.3 Å². The van der Waals surface area contributed by atoms with Crippen LogP contribution in [-0.2, 0) is 0 Å². The molecule has 13 heavy (non-hydrogen) atoms. The van der Waals surface area contributed by atoms with Gasteiger partial charge in [-0.15, -0.1) is 0 Å². The van der Waals surface area contributed by atoms with E-state index in [1.807, 2.05) is 0 Å². The predicted molar refractivity (Wildman–Crippen MR) is 69.0 cm³/mol. The Morgan fingerprint density at radius 1 is 0.462 bits per heavy atom. The molecular weight excluding hydrogens is 175 g/mol. The maximum absolute atomic E-state index is 2.42. The van der Waals surface area contributed by atoms with Crippen LogP contribution in [0.25, 0.3) is 0 Å². The minimum atomic E-state index is -0.799. The van der Waals surface area contributed by atoms with Crippen molar-refractivity contribution < 1.29 is 0 Å². The first-order chi connectivity index (χ1) is 5.37. The van der Waals surface area contributed by atoms with E-state index in [1.54, 1.807) is 0 Å². The molecule has 0 saturated heterocycles. The van der Waals surface area contributed by atoms with Crippen LogP contribution in [0.2, 0.25) is 0 Å². The third-order valence-corrected chi connectivity index (χ3v) is 7.79. The summed E-state index contributed by atoms with van der Waals surface area (Å²) < 4.78 is 0. The van der Waals surface area contributed by atoms with E-state index in [0.29, 0.717) is 15.5 Å². The van der Waals surface area contributed by atoms with E-state index in [2.05, 4.69) is 62.3 Å². The summed E-state index contributed by atoms with van der Waals surface area (Å²) in [5, 5.41) is 1.57. The van der Waals surface area contributed by atoms with Crippen molar-refractivity contribution in [1.29, 1.82) is 0 Å². The van der Waals surface area contributed by atoms with E-state index >= 15 is 0 Å². The molecule has 0 aliphatic heterocycles. The van der Waals surface area contributed by atoms with Crippen LogP contribution in [0, 0.1) is 0 Å². The zero-order valence-corrected chi connectivity index (χ0v) is 12.2. The molecule has 0 N–H and O–H groups in total. The second-order valence-electron chi connectivity index (χ2n) is 7.53. The molecule has 0 fully saturated rings. The molecule has 0 nitrogen and oxygen atoms in total. The van der Waals surface area contributed by atoms with Crippen LogP contribution in [0.5, 0.6) is 0 Å². The van der Waals surface area contributed by atoms with Gasteiger partial charge in [-0.05, 0) is 0 Å². The van der Waals surface area contributed by atoms with Crippen molar-refractivity contribution in [3.05, 3.63) is 0 Å². The molecule has 0 aromatic rings. The summed E-state index contributed by atoms with van der Waals surface area (Å²) in [6.45, 7) is 21.8. The van der Waals surface area contributed by atoms with Crippen LogP contribution in [0.3, 0.4) is 0 Å². The Balaban J connectivity index is 5.02. The SMILES string of the molecule is CC(C)(C)[PH2](C(C)(C)C)C(C)(C)C. The summed E-state index contributed by atoms with van der Waals surface area (Å²) in [7, 11) is -0.799. The van der Waals surface area contributed by atoms with E-state index in [9.17, 15) is 0 Å². The normalized spacial score (nSPS) is 15.9. The zero-order valence-electron chi connectivity index (χ0n) is 11.1. The van der Waals surface area contributed by atoms with Gasteiger partial charge < -0.3 is 0 Å². The molecule has 0 atom stereocenters. The topological polar surface area (TPSA) is 0 Å². The molecule has 82 valence electrons. The van der Waals surface area contributed by atoms with E-state index < -0.39 is 7.92 Å². The van der Waals surface area contributed by atoms with Gasteiger partial charge in [0.25, 0.3) is 0 Å². The first kappa shape index (κ1) is 13.4. The zero-order chi connectivity index (χ0) is 11.1. The third-order valence-electron chi connectivity index (χ3n) is 2.60. The summed E-state index contributed by atoms with van der Waals surface area (Å²) in [6, 6.07) is 0. The third kappa shape index (κ3) is 3.98. The Hall–Kier alpha value is 0.430. The molecule has 0 bridgehead atoms. The van der Waals surface area contributed by atoms with Gasteiger partial charge in [0.2, 0.25) is 0 Å². The minimum absolute atomic E-state index is 0.524. The van der Waals surface area contributed by atoms with Gasteiger partial charge >= 0.3 is 85.7 Å². The van der Waals surface area contributed by atoms with Crippen LogP contribution < -0.4 is 0 Å². The van der Waals surface area contributed by atoms with Gasteiger partial charge in [0.1, 0.15) is 0 Å². The van der Waals surface area contributed by atoms with Gasteiger partial charge in [-0.3, -0.25) is 0 Å². The standard InChI is InChI=1S/C12H29P/c1-10(2,3)13(11(4,5)6)12(7,8)9/h13H2,1-9H3. The fourth-order valence-electron chi connectivity index (χ4n) is 3.90. The van der Waals surface area contributed by atoms with Crippen molar-refractivity contribution in [3.8, 4) is 0 Å². The summed E-state index contributed by atoms with van der Waals surface area (Å²) >= 11 is 0. The van der Waals surface area contributed by atoms with E-state index in [-0.39, 0.29) is 0 Å². The Kier molecular flexibility index (Phi) is 3.65. The summed E-state index contributed by atoms with van der Waals surface area (Å²) in [5.41, 5.74) is 0. The van der Waals surface area contributed by atoms with Crippen molar-refractivity contribution in [2.75, 3.05) is 0 Å². The van der Waals surface area contributed by atoms with Crippen molar-refractivity contribution in [2.24, 2.45) is 0 Å². The van der Waals surface area contributed by atoms with Gasteiger partial charge in [-0.1, -0.05) is 0 Å². The Morgan fingerprint density at radius 2 is 0.615 bits per heavy atom. The maximum atomic E-state index is 2.42. The first-order valence-corrected chi connectivity index (χ1v) is 7.10. The number of rotatable bonds is 0. The molecule has 0 radical (unpaired) electrons. The van der Waals surface area contributed by atoms with Crippen LogP contribution in [0.15, 0.2) is 0 Å². The fraction of sp³-hybridized carbons (Fsp3) is 1.00. The van der Waals surface area contributed by atoms with Gasteiger partial charge in [0, 0.05) is 0 Å². The average molecular weight is 204 g/mol. The quantitative estimate of drug-likeness (QED) is 0.515. The van der Waals surface area contributed by atoms with Gasteiger partial charge in [0.15, 0.2) is 0 Å². The Bertz CT molecular complexity index is 128. The van der Waals surface area contributed by atoms with Crippen LogP contribution in [0.4, 0.5) is 0 Å². The molecule has 0 aromatic carbocycles. The van der Waals surface area contributed by atoms with E-state index in [1.165, 1.54) is 0 Å².